The van der Waals surface area contributed by atoms with Crippen LogP contribution < -0.4 is 5.32 Å². The largest absolute Gasteiger partial charge is 0.361 e. The summed E-state index contributed by atoms with van der Waals surface area (Å²) in [6, 6.07) is 15.8. The molecule has 0 amide bonds. The Morgan fingerprint density at radius 2 is 1.96 bits per heavy atom. The third kappa shape index (κ3) is 4.49. The summed E-state index contributed by atoms with van der Waals surface area (Å²) >= 11 is 6.11. The third-order valence-electron chi connectivity index (χ3n) is 5.24. The zero-order valence-electron chi connectivity index (χ0n) is 15.5. The Morgan fingerprint density at radius 1 is 1.11 bits per heavy atom. The third-order valence-corrected chi connectivity index (χ3v) is 7.09. The number of halogens is 1. The fraction of sp³-hybridized carbons (Fsp3) is 0.273. The van der Waals surface area contributed by atoms with Crippen molar-refractivity contribution in [1.29, 1.82) is 0 Å². The molecule has 1 unspecified atom stereocenters. The first-order chi connectivity index (χ1) is 13.5. The van der Waals surface area contributed by atoms with E-state index in [1.54, 1.807) is 6.20 Å². The minimum Gasteiger partial charge on any atom is -0.361 e. The number of fused-ring (bicyclic) bond motifs is 1. The molecule has 6 heteroatoms. The van der Waals surface area contributed by atoms with Gasteiger partial charge >= 0.3 is 0 Å². The van der Waals surface area contributed by atoms with Gasteiger partial charge in [-0.3, -0.25) is 0 Å². The van der Waals surface area contributed by atoms with Gasteiger partial charge in [-0.2, -0.15) is 0 Å². The van der Waals surface area contributed by atoms with Gasteiger partial charge < -0.3 is 10.3 Å². The van der Waals surface area contributed by atoms with Crippen LogP contribution in [-0.4, -0.2) is 31.7 Å². The first-order valence-electron chi connectivity index (χ1n) is 9.44. The minimum absolute atomic E-state index is 0.0702. The predicted octanol–water partition coefficient (Wildman–Crippen LogP) is 4.57. The topological polar surface area (TPSA) is 62.0 Å². The van der Waals surface area contributed by atoms with E-state index in [0.717, 1.165) is 40.0 Å². The summed E-state index contributed by atoms with van der Waals surface area (Å²) in [5, 5.41) is 5.11. The van der Waals surface area contributed by atoms with Crippen LogP contribution in [0.15, 0.2) is 60.8 Å². The van der Waals surface area contributed by atoms with Crippen LogP contribution in [0, 0.1) is 0 Å². The van der Waals surface area contributed by atoms with Gasteiger partial charge in [0.05, 0.1) is 11.5 Å². The lowest BCUT2D eigenvalue weighted by Gasteiger charge is -2.24. The zero-order chi connectivity index (χ0) is 19.6. The van der Waals surface area contributed by atoms with Crippen LogP contribution in [0.5, 0.6) is 0 Å². The molecule has 4 rings (SSSR count). The second-order valence-corrected chi connectivity index (χ2v) is 9.91. The molecule has 2 heterocycles. The molecule has 0 radical (unpaired) electrons. The molecule has 1 aromatic heterocycles. The van der Waals surface area contributed by atoms with Crippen LogP contribution in [0.1, 0.15) is 24.0 Å². The Bertz CT molecular complexity index is 1120. The van der Waals surface area contributed by atoms with Gasteiger partial charge in [-0.25, -0.2) is 8.42 Å². The van der Waals surface area contributed by atoms with Crippen molar-refractivity contribution in [2.75, 3.05) is 12.3 Å². The molecule has 2 aromatic carbocycles. The number of nitrogens with one attached hydrogen (secondary N) is 2. The number of aromatic nitrogens is 1. The van der Waals surface area contributed by atoms with E-state index in [4.69, 9.17) is 11.6 Å². The van der Waals surface area contributed by atoms with Crippen LogP contribution in [0.2, 0.25) is 5.02 Å². The highest BCUT2D eigenvalue weighted by atomic mass is 35.5. The molecule has 0 saturated carbocycles. The summed E-state index contributed by atoms with van der Waals surface area (Å²) in [6.45, 7) is 0.745. The Balaban J connectivity index is 1.39. The SMILES string of the molecule is O=S(=O)(CCC1CC(c2cccc(Cl)c2)=CCN1)Cc1c[nH]c2ccccc12. The Morgan fingerprint density at radius 3 is 2.82 bits per heavy atom. The maximum atomic E-state index is 12.7. The van der Waals surface area contributed by atoms with E-state index in [0.29, 0.717) is 6.42 Å². The second-order valence-electron chi connectivity index (χ2n) is 7.29. The first-order valence-corrected chi connectivity index (χ1v) is 11.6. The van der Waals surface area contributed by atoms with Crippen molar-refractivity contribution in [2.45, 2.75) is 24.6 Å². The molecule has 1 aliphatic rings. The molecule has 0 spiro atoms. The van der Waals surface area contributed by atoms with Crippen molar-refractivity contribution in [3.63, 3.8) is 0 Å². The number of sulfone groups is 1. The average molecular weight is 415 g/mol. The summed E-state index contributed by atoms with van der Waals surface area (Å²) in [5.74, 6) is 0.244. The molecular weight excluding hydrogens is 392 g/mol. The summed E-state index contributed by atoms with van der Waals surface area (Å²) in [5.41, 5.74) is 4.14. The van der Waals surface area contributed by atoms with E-state index in [1.165, 1.54) is 5.57 Å². The van der Waals surface area contributed by atoms with Gasteiger partial charge in [0.15, 0.2) is 9.84 Å². The molecule has 0 saturated heterocycles. The molecule has 1 aliphatic heterocycles. The van der Waals surface area contributed by atoms with E-state index < -0.39 is 9.84 Å². The molecule has 1 atom stereocenters. The maximum absolute atomic E-state index is 12.7. The fourth-order valence-corrected chi connectivity index (χ4v) is 5.47. The van der Waals surface area contributed by atoms with Gasteiger partial charge in [0.2, 0.25) is 0 Å². The van der Waals surface area contributed by atoms with E-state index >= 15 is 0 Å². The average Bonchev–Trinajstić information content (AvgIpc) is 3.09. The summed E-state index contributed by atoms with van der Waals surface area (Å²) in [4.78, 5) is 3.15. The number of para-hydroxylation sites is 1. The minimum atomic E-state index is -3.18. The number of benzene rings is 2. The fourth-order valence-electron chi connectivity index (χ4n) is 3.78. The number of H-pyrrole nitrogens is 1. The van der Waals surface area contributed by atoms with Crippen molar-refractivity contribution >= 4 is 37.9 Å². The molecular formula is C22H23ClN2O2S. The van der Waals surface area contributed by atoms with E-state index in [1.807, 2.05) is 48.5 Å². The molecule has 146 valence electrons. The maximum Gasteiger partial charge on any atom is 0.154 e. The van der Waals surface area contributed by atoms with Crippen molar-refractivity contribution in [3.8, 4) is 0 Å². The van der Waals surface area contributed by atoms with E-state index in [-0.39, 0.29) is 17.5 Å². The Hall–Kier alpha value is -2.08. The van der Waals surface area contributed by atoms with E-state index in [9.17, 15) is 8.42 Å². The van der Waals surface area contributed by atoms with E-state index in [2.05, 4.69) is 16.4 Å². The first kappa shape index (κ1) is 19.2. The molecule has 4 nitrogen and oxygen atoms in total. The van der Waals surface area contributed by atoms with Crippen LogP contribution in [0.3, 0.4) is 0 Å². The molecule has 28 heavy (non-hydrogen) atoms. The van der Waals surface area contributed by atoms with Gasteiger partial charge in [0.1, 0.15) is 0 Å². The van der Waals surface area contributed by atoms with Crippen molar-refractivity contribution in [2.24, 2.45) is 0 Å². The number of hydrogen-bond donors (Lipinski definition) is 2. The van der Waals surface area contributed by atoms with Gasteiger partial charge in [-0.15, -0.1) is 0 Å². The molecule has 0 fully saturated rings. The van der Waals surface area contributed by atoms with Crippen LogP contribution in [-0.2, 0) is 15.6 Å². The van der Waals surface area contributed by atoms with Gasteiger partial charge in [0.25, 0.3) is 0 Å². The number of hydrogen-bond acceptors (Lipinski definition) is 3. The monoisotopic (exact) mass is 414 g/mol. The Kier molecular flexibility index (Phi) is 5.58. The van der Waals surface area contributed by atoms with Crippen molar-refractivity contribution < 1.29 is 8.42 Å². The highest BCUT2D eigenvalue weighted by Crippen LogP contribution is 2.26. The normalized spacial score (nSPS) is 17.6. The Labute approximate surface area is 170 Å². The lowest BCUT2D eigenvalue weighted by atomic mass is 9.94. The highest BCUT2D eigenvalue weighted by Gasteiger charge is 2.21. The molecule has 0 bridgehead atoms. The van der Waals surface area contributed by atoms with Gasteiger partial charge in [-0.1, -0.05) is 48.0 Å². The molecule has 0 aliphatic carbocycles. The van der Waals surface area contributed by atoms with Crippen LogP contribution in [0.4, 0.5) is 0 Å². The van der Waals surface area contributed by atoms with Gasteiger partial charge in [0, 0.05) is 34.7 Å². The smallest absolute Gasteiger partial charge is 0.154 e. The number of aromatic amines is 1. The lowest BCUT2D eigenvalue weighted by Crippen LogP contribution is -2.34. The highest BCUT2D eigenvalue weighted by molar-refractivity contribution is 7.90. The summed E-state index contributed by atoms with van der Waals surface area (Å²) < 4.78 is 25.4. The van der Waals surface area contributed by atoms with Crippen molar-refractivity contribution in [3.05, 3.63) is 77.0 Å². The summed E-state index contributed by atoms with van der Waals surface area (Å²) in [6.07, 6.45) is 5.37. The molecule has 2 N–H and O–H groups in total. The van der Waals surface area contributed by atoms with Crippen LogP contribution in [0.25, 0.3) is 16.5 Å². The van der Waals surface area contributed by atoms with Gasteiger partial charge in [-0.05, 0) is 47.7 Å². The second kappa shape index (κ2) is 8.11. The molecule has 3 aromatic rings. The number of rotatable bonds is 6. The summed E-state index contributed by atoms with van der Waals surface area (Å²) in [7, 11) is -3.18. The van der Waals surface area contributed by atoms with Crippen LogP contribution >= 0.6 is 11.6 Å². The van der Waals surface area contributed by atoms with Crippen molar-refractivity contribution in [1.82, 2.24) is 10.3 Å². The predicted molar refractivity (Wildman–Crippen MR) is 116 cm³/mol. The lowest BCUT2D eigenvalue weighted by molar-refractivity contribution is 0.515. The zero-order valence-corrected chi connectivity index (χ0v) is 17.1. The standard InChI is InChI=1S/C22H23ClN2O2S/c23-19-5-3-4-16(12-19)17-8-10-24-20(13-17)9-11-28(26,27)15-18-14-25-22-7-2-1-6-21(18)22/h1-8,12,14,20,24-25H,9-11,13,15H2. The quantitative estimate of drug-likeness (QED) is 0.621.